The second-order valence-corrected chi connectivity index (χ2v) is 10.5. The Kier molecular flexibility index (Phi) is 6.54. The Labute approximate surface area is 199 Å². The molecule has 4 aromatic rings. The van der Waals surface area contributed by atoms with E-state index in [-0.39, 0.29) is 27.4 Å². The van der Waals surface area contributed by atoms with Gasteiger partial charge >= 0.3 is 0 Å². The summed E-state index contributed by atoms with van der Waals surface area (Å²) in [5.41, 5.74) is 0.819. The molecular weight excluding hydrogens is 448 g/mol. The summed E-state index contributed by atoms with van der Waals surface area (Å²) in [4.78, 5) is 15.1. The van der Waals surface area contributed by atoms with Crippen LogP contribution in [0.25, 0.3) is 10.8 Å². The van der Waals surface area contributed by atoms with E-state index in [1.165, 1.54) is 4.68 Å². The van der Waals surface area contributed by atoms with Crippen molar-refractivity contribution in [3.05, 3.63) is 94.8 Å². The van der Waals surface area contributed by atoms with Crippen LogP contribution in [0.3, 0.4) is 0 Å². The zero-order chi connectivity index (χ0) is 24.5. The van der Waals surface area contributed by atoms with Crippen molar-refractivity contribution in [2.75, 3.05) is 19.4 Å². The highest BCUT2D eigenvalue weighted by atomic mass is 32.2. The van der Waals surface area contributed by atoms with Crippen molar-refractivity contribution in [1.29, 1.82) is 0 Å². The summed E-state index contributed by atoms with van der Waals surface area (Å²) in [6.45, 7) is 2.04. The summed E-state index contributed by atoms with van der Waals surface area (Å²) in [7, 11) is 2.02. The predicted octanol–water partition coefficient (Wildman–Crippen LogP) is 3.87. The van der Waals surface area contributed by atoms with E-state index in [4.69, 9.17) is 0 Å². The van der Waals surface area contributed by atoms with Gasteiger partial charge in [-0.05, 0) is 56.9 Å². The molecule has 0 aliphatic heterocycles. The molecular formula is C26H28N4O3S. The fraction of sp³-hybridized carbons (Fsp3) is 0.231. The van der Waals surface area contributed by atoms with Gasteiger partial charge in [0, 0.05) is 18.5 Å². The number of aryl methyl sites for hydroxylation is 1. The number of rotatable bonds is 7. The van der Waals surface area contributed by atoms with Gasteiger partial charge in [-0.3, -0.25) is 4.79 Å². The minimum atomic E-state index is -3.58. The second kappa shape index (κ2) is 9.40. The molecule has 1 heterocycles. The number of hydrogen-bond donors (Lipinski definition) is 1. The number of nitrogens with one attached hydrogen (secondary N) is 1. The SMILES string of the molecule is CC(Nc1nn(C)c(=O)c2ccccc12)C(c1ccc(S(=O)(=O)c2ccccc2)cc1)N(C)C. The third-order valence-electron chi connectivity index (χ3n) is 5.94. The van der Waals surface area contributed by atoms with E-state index in [2.05, 4.69) is 15.3 Å². The maximum atomic E-state index is 12.9. The van der Waals surface area contributed by atoms with Crippen molar-refractivity contribution in [1.82, 2.24) is 14.7 Å². The summed E-state index contributed by atoms with van der Waals surface area (Å²) < 4.78 is 27.2. The predicted molar refractivity (Wildman–Crippen MR) is 135 cm³/mol. The summed E-state index contributed by atoms with van der Waals surface area (Å²) in [6, 6.07) is 22.7. The van der Waals surface area contributed by atoms with Crippen molar-refractivity contribution in [2.24, 2.45) is 7.05 Å². The monoisotopic (exact) mass is 476 g/mol. The number of fused-ring (bicyclic) bond motifs is 1. The minimum Gasteiger partial charge on any atom is -0.364 e. The van der Waals surface area contributed by atoms with Crippen molar-refractivity contribution >= 4 is 26.4 Å². The topological polar surface area (TPSA) is 84.3 Å². The lowest BCUT2D eigenvalue weighted by atomic mass is 9.99. The molecule has 0 radical (unpaired) electrons. The average molecular weight is 477 g/mol. The van der Waals surface area contributed by atoms with Gasteiger partial charge in [-0.1, -0.05) is 48.5 Å². The highest BCUT2D eigenvalue weighted by Crippen LogP contribution is 2.28. The number of nitrogens with zero attached hydrogens (tertiary/aromatic N) is 3. The highest BCUT2D eigenvalue weighted by molar-refractivity contribution is 7.91. The fourth-order valence-electron chi connectivity index (χ4n) is 4.31. The molecule has 2 unspecified atom stereocenters. The van der Waals surface area contributed by atoms with Gasteiger partial charge in [0.15, 0.2) is 5.82 Å². The Hall–Kier alpha value is -3.49. The number of sulfone groups is 1. The molecule has 7 nitrogen and oxygen atoms in total. The lowest BCUT2D eigenvalue weighted by Gasteiger charge is -2.32. The Bertz CT molecular complexity index is 1460. The van der Waals surface area contributed by atoms with Crippen molar-refractivity contribution in [2.45, 2.75) is 28.8 Å². The van der Waals surface area contributed by atoms with Crippen molar-refractivity contribution in [3.63, 3.8) is 0 Å². The number of likely N-dealkylation sites (N-methyl/N-ethyl adjacent to an activating group) is 1. The number of benzene rings is 3. The first-order valence-electron chi connectivity index (χ1n) is 11.0. The molecule has 4 rings (SSSR count). The number of anilines is 1. The molecule has 2 atom stereocenters. The van der Waals surface area contributed by atoms with Crippen LogP contribution in [-0.4, -0.2) is 43.2 Å². The van der Waals surface area contributed by atoms with Crippen LogP contribution in [0.5, 0.6) is 0 Å². The summed E-state index contributed by atoms with van der Waals surface area (Å²) in [5, 5.41) is 9.29. The number of hydrogen-bond acceptors (Lipinski definition) is 6. The van der Waals surface area contributed by atoms with E-state index in [9.17, 15) is 13.2 Å². The maximum Gasteiger partial charge on any atom is 0.274 e. The normalized spacial score (nSPS) is 13.7. The van der Waals surface area contributed by atoms with Gasteiger partial charge in [0.25, 0.3) is 5.56 Å². The molecule has 0 bridgehead atoms. The van der Waals surface area contributed by atoms with Gasteiger partial charge in [-0.15, -0.1) is 0 Å². The number of aromatic nitrogens is 2. The molecule has 0 saturated carbocycles. The molecule has 176 valence electrons. The van der Waals surface area contributed by atoms with E-state index >= 15 is 0 Å². The molecule has 3 aromatic carbocycles. The van der Waals surface area contributed by atoms with E-state index in [0.717, 1.165) is 10.9 Å². The standard InChI is InChI=1S/C26H28N4O3S/c1-18(27-25-22-12-8-9-13-23(22)26(31)30(4)28-25)24(29(2)3)19-14-16-21(17-15-19)34(32,33)20-10-6-5-7-11-20/h5-18,24H,1-4H3,(H,27,28). The second-order valence-electron chi connectivity index (χ2n) is 8.55. The van der Waals surface area contributed by atoms with E-state index in [0.29, 0.717) is 11.2 Å². The van der Waals surface area contributed by atoms with Crippen LogP contribution >= 0.6 is 0 Å². The first-order chi connectivity index (χ1) is 16.2. The summed E-state index contributed by atoms with van der Waals surface area (Å²) >= 11 is 0. The molecule has 1 aromatic heterocycles. The quantitative estimate of drug-likeness (QED) is 0.436. The molecule has 0 aliphatic carbocycles. The first kappa shape index (κ1) is 23.7. The Morgan fingerprint density at radius 2 is 1.41 bits per heavy atom. The smallest absolute Gasteiger partial charge is 0.274 e. The van der Waals surface area contributed by atoms with E-state index in [1.807, 2.05) is 51.4 Å². The summed E-state index contributed by atoms with van der Waals surface area (Å²) in [5.74, 6) is 0.625. The summed E-state index contributed by atoms with van der Waals surface area (Å²) in [6.07, 6.45) is 0. The first-order valence-corrected chi connectivity index (χ1v) is 12.5. The highest BCUT2D eigenvalue weighted by Gasteiger charge is 2.24. The zero-order valence-electron chi connectivity index (χ0n) is 19.6. The van der Waals surface area contributed by atoms with E-state index in [1.54, 1.807) is 55.6 Å². The Balaban J connectivity index is 1.65. The molecule has 1 N–H and O–H groups in total. The van der Waals surface area contributed by atoms with Crippen LogP contribution in [0.15, 0.2) is 93.4 Å². The molecule has 34 heavy (non-hydrogen) atoms. The maximum absolute atomic E-state index is 12.9. The average Bonchev–Trinajstić information content (AvgIpc) is 2.83. The molecule has 8 heteroatoms. The fourth-order valence-corrected chi connectivity index (χ4v) is 5.60. The van der Waals surface area contributed by atoms with Crippen molar-refractivity contribution < 1.29 is 8.42 Å². The van der Waals surface area contributed by atoms with Crippen LogP contribution in [0, 0.1) is 0 Å². The molecule has 0 amide bonds. The third kappa shape index (κ3) is 4.47. The van der Waals surface area contributed by atoms with Crippen LogP contribution in [0.2, 0.25) is 0 Å². The third-order valence-corrected chi connectivity index (χ3v) is 7.72. The van der Waals surface area contributed by atoms with Gasteiger partial charge < -0.3 is 10.2 Å². The lowest BCUT2D eigenvalue weighted by Crippen LogP contribution is -2.35. The molecule has 0 fully saturated rings. The van der Waals surface area contributed by atoms with Gasteiger partial charge in [-0.2, -0.15) is 5.10 Å². The molecule has 0 saturated heterocycles. The van der Waals surface area contributed by atoms with Crippen LogP contribution < -0.4 is 10.9 Å². The molecule has 0 aliphatic rings. The van der Waals surface area contributed by atoms with Crippen LogP contribution in [-0.2, 0) is 16.9 Å². The Morgan fingerprint density at radius 1 is 0.853 bits per heavy atom. The largest absolute Gasteiger partial charge is 0.364 e. The zero-order valence-corrected chi connectivity index (χ0v) is 20.5. The van der Waals surface area contributed by atoms with Gasteiger partial charge in [0.05, 0.1) is 21.2 Å². The van der Waals surface area contributed by atoms with Gasteiger partial charge in [-0.25, -0.2) is 13.1 Å². The van der Waals surface area contributed by atoms with Crippen LogP contribution in [0.4, 0.5) is 5.82 Å². The van der Waals surface area contributed by atoms with Gasteiger partial charge in [0.2, 0.25) is 9.84 Å². The minimum absolute atomic E-state index is 0.0775. The van der Waals surface area contributed by atoms with E-state index < -0.39 is 9.84 Å². The molecule has 0 spiro atoms. The van der Waals surface area contributed by atoms with Crippen molar-refractivity contribution in [3.8, 4) is 0 Å². The Morgan fingerprint density at radius 3 is 2.03 bits per heavy atom. The van der Waals surface area contributed by atoms with Gasteiger partial charge in [0.1, 0.15) is 0 Å². The lowest BCUT2D eigenvalue weighted by molar-refractivity contribution is 0.275. The van der Waals surface area contributed by atoms with Crippen LogP contribution in [0.1, 0.15) is 18.5 Å².